The normalized spacial score (nSPS) is 14.5. The molecule has 0 atom stereocenters. The molecule has 5 nitrogen and oxygen atoms in total. The van der Waals surface area contributed by atoms with Gasteiger partial charge in [-0.15, -0.1) is 0 Å². The number of allylic oxidation sites excluding steroid dienone is 1. The summed E-state index contributed by atoms with van der Waals surface area (Å²) in [5, 5.41) is 6.60. The molecule has 116 valence electrons. The van der Waals surface area contributed by atoms with Crippen LogP contribution in [0.15, 0.2) is 46.9 Å². The average molecular weight is 298 g/mol. The van der Waals surface area contributed by atoms with Crippen molar-refractivity contribution in [3.8, 4) is 0 Å². The Hall–Kier alpha value is -2.30. The van der Waals surface area contributed by atoms with E-state index in [0.717, 1.165) is 30.4 Å². The van der Waals surface area contributed by atoms with Gasteiger partial charge in [0, 0.05) is 12.6 Å². The minimum Gasteiger partial charge on any atom is -0.467 e. The molecule has 0 aliphatic heterocycles. The van der Waals surface area contributed by atoms with Gasteiger partial charge in [-0.2, -0.15) is 0 Å². The summed E-state index contributed by atoms with van der Waals surface area (Å²) in [6.07, 6.45) is 11.9. The van der Waals surface area contributed by atoms with Crippen LogP contribution < -0.4 is 10.6 Å². The monoisotopic (exact) mass is 298 g/mol. The third-order valence-corrected chi connectivity index (χ3v) is 3.83. The summed E-state index contributed by atoms with van der Waals surface area (Å²) in [6, 6.07) is 5.74. The summed E-state index contributed by atoms with van der Waals surface area (Å²) in [4.78, 5) is 8.48. The van der Waals surface area contributed by atoms with Gasteiger partial charge >= 0.3 is 0 Å². The van der Waals surface area contributed by atoms with Gasteiger partial charge in [0.05, 0.1) is 12.8 Å². The van der Waals surface area contributed by atoms with E-state index in [0.29, 0.717) is 6.54 Å². The zero-order valence-electron chi connectivity index (χ0n) is 12.7. The van der Waals surface area contributed by atoms with E-state index in [9.17, 15) is 0 Å². The van der Waals surface area contributed by atoms with Gasteiger partial charge in [0.1, 0.15) is 23.7 Å². The van der Waals surface area contributed by atoms with Crippen LogP contribution in [0.2, 0.25) is 0 Å². The predicted octanol–water partition coefficient (Wildman–Crippen LogP) is 3.98. The Morgan fingerprint density at radius 2 is 2.05 bits per heavy atom. The molecule has 1 aliphatic carbocycles. The molecule has 0 saturated heterocycles. The van der Waals surface area contributed by atoms with Crippen LogP contribution in [0.5, 0.6) is 0 Å². The highest BCUT2D eigenvalue weighted by molar-refractivity contribution is 5.46. The highest BCUT2D eigenvalue weighted by Gasteiger charge is 2.04. The Labute approximate surface area is 130 Å². The maximum Gasteiger partial charge on any atom is 0.131 e. The molecule has 0 aromatic carbocycles. The van der Waals surface area contributed by atoms with E-state index in [1.165, 1.54) is 25.7 Å². The zero-order valence-corrected chi connectivity index (χ0v) is 12.7. The lowest BCUT2D eigenvalue weighted by molar-refractivity contribution is 0.518. The smallest absolute Gasteiger partial charge is 0.131 e. The van der Waals surface area contributed by atoms with E-state index in [1.807, 2.05) is 18.2 Å². The second-order valence-electron chi connectivity index (χ2n) is 5.51. The van der Waals surface area contributed by atoms with E-state index in [2.05, 4.69) is 26.7 Å². The zero-order chi connectivity index (χ0) is 15.0. The first-order chi connectivity index (χ1) is 10.9. The summed E-state index contributed by atoms with van der Waals surface area (Å²) in [5.74, 6) is 2.54. The second kappa shape index (κ2) is 7.64. The Kier molecular flexibility index (Phi) is 5.08. The molecule has 0 amide bonds. The summed E-state index contributed by atoms with van der Waals surface area (Å²) < 4.78 is 5.29. The number of furan rings is 1. The molecule has 2 N–H and O–H groups in total. The average Bonchev–Trinajstić information content (AvgIpc) is 3.08. The van der Waals surface area contributed by atoms with E-state index in [-0.39, 0.29) is 0 Å². The van der Waals surface area contributed by atoms with Crippen molar-refractivity contribution in [2.24, 2.45) is 0 Å². The topological polar surface area (TPSA) is 63.0 Å². The summed E-state index contributed by atoms with van der Waals surface area (Å²) in [7, 11) is 0. The van der Waals surface area contributed by atoms with Crippen LogP contribution in [0.25, 0.3) is 0 Å². The van der Waals surface area contributed by atoms with Gasteiger partial charge in [-0.3, -0.25) is 0 Å². The van der Waals surface area contributed by atoms with Crippen molar-refractivity contribution in [2.75, 3.05) is 17.2 Å². The molecule has 0 bridgehead atoms. The van der Waals surface area contributed by atoms with Crippen molar-refractivity contribution in [1.29, 1.82) is 0 Å². The maximum absolute atomic E-state index is 5.29. The lowest BCUT2D eigenvalue weighted by atomic mass is 9.97. The number of nitrogens with one attached hydrogen (secondary N) is 2. The molecule has 0 saturated carbocycles. The van der Waals surface area contributed by atoms with Gasteiger partial charge in [0.2, 0.25) is 0 Å². The van der Waals surface area contributed by atoms with Crippen LogP contribution in [0.3, 0.4) is 0 Å². The second-order valence-corrected chi connectivity index (χ2v) is 5.51. The first kappa shape index (κ1) is 14.6. The number of anilines is 2. The molecule has 3 rings (SSSR count). The van der Waals surface area contributed by atoms with Crippen LogP contribution in [0, 0.1) is 0 Å². The molecule has 5 heteroatoms. The molecule has 22 heavy (non-hydrogen) atoms. The standard InChI is InChI=1S/C17H22N4O/c1-2-5-14(6-3-1)8-9-18-16-11-17(21-13-20-16)19-12-15-7-4-10-22-15/h4-5,7,10-11,13H,1-3,6,8-9,12H2,(H2,18,19,20,21). The quantitative estimate of drug-likeness (QED) is 0.757. The van der Waals surface area contributed by atoms with Crippen molar-refractivity contribution >= 4 is 11.6 Å². The van der Waals surface area contributed by atoms with Gasteiger partial charge in [0.25, 0.3) is 0 Å². The Bertz CT molecular complexity index is 607. The largest absolute Gasteiger partial charge is 0.467 e. The van der Waals surface area contributed by atoms with Crippen LogP contribution in [0.1, 0.15) is 37.9 Å². The van der Waals surface area contributed by atoms with Crippen molar-refractivity contribution in [3.63, 3.8) is 0 Å². The fraction of sp³-hybridized carbons (Fsp3) is 0.412. The first-order valence-electron chi connectivity index (χ1n) is 7.90. The van der Waals surface area contributed by atoms with Gasteiger partial charge < -0.3 is 15.1 Å². The lowest BCUT2D eigenvalue weighted by Crippen LogP contribution is -2.07. The van der Waals surface area contributed by atoms with Crippen molar-refractivity contribution in [3.05, 3.63) is 48.2 Å². The van der Waals surface area contributed by atoms with Crippen LogP contribution in [-0.4, -0.2) is 16.5 Å². The van der Waals surface area contributed by atoms with E-state index in [4.69, 9.17) is 4.42 Å². The molecule has 2 aromatic rings. The number of aromatic nitrogens is 2. The third kappa shape index (κ3) is 4.35. The molecule has 0 unspecified atom stereocenters. The highest BCUT2D eigenvalue weighted by Crippen LogP contribution is 2.20. The molecule has 0 fully saturated rings. The minimum atomic E-state index is 0.621. The highest BCUT2D eigenvalue weighted by atomic mass is 16.3. The third-order valence-electron chi connectivity index (χ3n) is 3.83. The molecule has 2 heterocycles. The number of hydrogen-bond donors (Lipinski definition) is 2. The summed E-state index contributed by atoms with van der Waals surface area (Å²) >= 11 is 0. The SMILES string of the molecule is C1=C(CCNc2cc(NCc3ccco3)ncn2)CCCC1. The van der Waals surface area contributed by atoms with Crippen LogP contribution >= 0.6 is 0 Å². The molecular formula is C17H22N4O. The Balaban J connectivity index is 1.47. The summed E-state index contributed by atoms with van der Waals surface area (Å²) in [5.41, 5.74) is 1.57. The Morgan fingerprint density at radius 3 is 2.82 bits per heavy atom. The molecule has 0 spiro atoms. The number of nitrogens with zero attached hydrogens (tertiary/aromatic N) is 2. The van der Waals surface area contributed by atoms with Gasteiger partial charge in [-0.1, -0.05) is 11.6 Å². The van der Waals surface area contributed by atoms with E-state index < -0.39 is 0 Å². The van der Waals surface area contributed by atoms with Crippen LogP contribution in [-0.2, 0) is 6.54 Å². The Morgan fingerprint density at radius 1 is 1.14 bits per heavy atom. The number of hydrogen-bond acceptors (Lipinski definition) is 5. The molecule has 2 aromatic heterocycles. The van der Waals surface area contributed by atoms with Crippen molar-refractivity contribution < 1.29 is 4.42 Å². The van der Waals surface area contributed by atoms with Gasteiger partial charge in [0.15, 0.2) is 0 Å². The van der Waals surface area contributed by atoms with Crippen LogP contribution in [0.4, 0.5) is 11.6 Å². The van der Waals surface area contributed by atoms with Gasteiger partial charge in [-0.05, 0) is 44.2 Å². The molecule has 1 aliphatic rings. The van der Waals surface area contributed by atoms with Crippen molar-refractivity contribution in [2.45, 2.75) is 38.6 Å². The van der Waals surface area contributed by atoms with Gasteiger partial charge in [-0.25, -0.2) is 9.97 Å². The van der Waals surface area contributed by atoms with Crippen molar-refractivity contribution in [1.82, 2.24) is 9.97 Å². The fourth-order valence-corrected chi connectivity index (χ4v) is 2.62. The minimum absolute atomic E-state index is 0.621. The van der Waals surface area contributed by atoms with E-state index >= 15 is 0 Å². The lowest BCUT2D eigenvalue weighted by Gasteiger charge is -2.13. The van der Waals surface area contributed by atoms with E-state index in [1.54, 1.807) is 18.2 Å². The number of rotatable bonds is 7. The fourth-order valence-electron chi connectivity index (χ4n) is 2.62. The summed E-state index contributed by atoms with van der Waals surface area (Å²) in [6.45, 7) is 1.54. The molecule has 0 radical (unpaired) electrons. The first-order valence-corrected chi connectivity index (χ1v) is 7.90. The molecular weight excluding hydrogens is 276 g/mol. The maximum atomic E-state index is 5.29. The predicted molar refractivity (Wildman–Crippen MR) is 87.7 cm³/mol.